The van der Waals surface area contributed by atoms with Gasteiger partial charge in [0.15, 0.2) is 11.6 Å². The van der Waals surface area contributed by atoms with Crippen molar-refractivity contribution in [3.8, 4) is 0 Å². The zero-order valence-electron chi connectivity index (χ0n) is 8.82. The lowest BCUT2D eigenvalue weighted by Gasteiger charge is -2.07. The molecular formula is C11H6BrF2N3O. The molecule has 0 aliphatic rings. The van der Waals surface area contributed by atoms with Gasteiger partial charge in [0, 0.05) is 16.9 Å². The molecule has 1 aromatic carbocycles. The van der Waals surface area contributed by atoms with Crippen molar-refractivity contribution in [2.24, 2.45) is 0 Å². The maximum absolute atomic E-state index is 13.5. The molecule has 0 radical (unpaired) electrons. The molecule has 1 aromatic heterocycles. The van der Waals surface area contributed by atoms with Crippen LogP contribution in [-0.4, -0.2) is 15.9 Å². The number of hydrogen-bond acceptors (Lipinski definition) is 3. The second-order valence-electron chi connectivity index (χ2n) is 3.33. The Kier molecular flexibility index (Phi) is 3.61. The van der Waals surface area contributed by atoms with Gasteiger partial charge < -0.3 is 5.32 Å². The van der Waals surface area contributed by atoms with Crippen molar-refractivity contribution in [1.82, 2.24) is 9.97 Å². The molecule has 1 amide bonds. The first-order chi connectivity index (χ1) is 8.58. The van der Waals surface area contributed by atoms with E-state index in [1.165, 1.54) is 18.7 Å². The molecule has 18 heavy (non-hydrogen) atoms. The average molecular weight is 314 g/mol. The highest BCUT2D eigenvalue weighted by Gasteiger charge is 2.14. The number of nitrogens with zero attached hydrogens (tertiary/aromatic N) is 2. The number of carbonyl (C=O) groups excluding carboxylic acids is 1. The van der Waals surface area contributed by atoms with Crippen LogP contribution in [0.15, 0.2) is 35.3 Å². The van der Waals surface area contributed by atoms with Crippen molar-refractivity contribution in [3.05, 3.63) is 52.5 Å². The lowest BCUT2D eigenvalue weighted by atomic mass is 10.2. The fourth-order valence-corrected chi connectivity index (χ4v) is 1.67. The Bertz CT molecular complexity index is 569. The SMILES string of the molecule is O=C(Nc1c(F)cc(Br)cc1F)c1cncnc1. The summed E-state index contributed by atoms with van der Waals surface area (Å²) in [4.78, 5) is 18.9. The van der Waals surface area contributed by atoms with E-state index in [0.717, 1.165) is 12.1 Å². The number of amides is 1. The molecule has 1 N–H and O–H groups in total. The van der Waals surface area contributed by atoms with Crippen LogP contribution in [0.1, 0.15) is 10.4 Å². The van der Waals surface area contributed by atoms with Gasteiger partial charge in [-0.05, 0) is 12.1 Å². The van der Waals surface area contributed by atoms with Gasteiger partial charge in [-0.3, -0.25) is 4.79 Å². The van der Waals surface area contributed by atoms with Crippen LogP contribution in [0.3, 0.4) is 0 Å². The molecule has 0 spiro atoms. The second kappa shape index (κ2) is 5.18. The molecule has 7 heteroatoms. The molecule has 2 rings (SSSR count). The van der Waals surface area contributed by atoms with E-state index in [1.807, 2.05) is 0 Å². The first kappa shape index (κ1) is 12.6. The Labute approximate surface area is 109 Å². The van der Waals surface area contributed by atoms with Crippen LogP contribution in [0, 0.1) is 11.6 Å². The molecule has 0 atom stereocenters. The van der Waals surface area contributed by atoms with E-state index >= 15 is 0 Å². The molecule has 0 aliphatic carbocycles. The fraction of sp³-hybridized carbons (Fsp3) is 0. The number of benzene rings is 1. The molecule has 92 valence electrons. The number of nitrogens with one attached hydrogen (secondary N) is 1. The zero-order chi connectivity index (χ0) is 13.1. The zero-order valence-corrected chi connectivity index (χ0v) is 10.4. The topological polar surface area (TPSA) is 54.9 Å². The Morgan fingerprint density at radius 3 is 2.28 bits per heavy atom. The summed E-state index contributed by atoms with van der Waals surface area (Å²) in [6.45, 7) is 0. The van der Waals surface area contributed by atoms with Crippen molar-refractivity contribution in [2.45, 2.75) is 0 Å². The largest absolute Gasteiger partial charge is 0.317 e. The third kappa shape index (κ3) is 2.67. The van der Waals surface area contributed by atoms with Crippen LogP contribution in [0.2, 0.25) is 0 Å². The van der Waals surface area contributed by atoms with E-state index in [2.05, 4.69) is 31.2 Å². The summed E-state index contributed by atoms with van der Waals surface area (Å²) in [5.41, 5.74) is -0.397. The molecule has 0 saturated heterocycles. The Balaban J connectivity index is 2.28. The molecule has 1 heterocycles. The minimum atomic E-state index is -0.868. The number of anilines is 1. The smallest absolute Gasteiger partial charge is 0.258 e. The Hall–Kier alpha value is -1.89. The molecule has 2 aromatic rings. The fourth-order valence-electron chi connectivity index (χ4n) is 1.26. The van der Waals surface area contributed by atoms with Gasteiger partial charge in [-0.15, -0.1) is 0 Å². The van der Waals surface area contributed by atoms with Gasteiger partial charge in [-0.2, -0.15) is 0 Å². The summed E-state index contributed by atoms with van der Waals surface area (Å²) in [5.74, 6) is -2.42. The van der Waals surface area contributed by atoms with Crippen molar-refractivity contribution in [2.75, 3.05) is 5.32 Å². The van der Waals surface area contributed by atoms with E-state index < -0.39 is 23.2 Å². The number of halogens is 3. The van der Waals surface area contributed by atoms with Gasteiger partial charge in [-0.1, -0.05) is 15.9 Å². The molecule has 4 nitrogen and oxygen atoms in total. The summed E-state index contributed by atoms with van der Waals surface area (Å²) in [7, 11) is 0. The van der Waals surface area contributed by atoms with E-state index in [9.17, 15) is 13.6 Å². The minimum absolute atomic E-state index is 0.110. The van der Waals surface area contributed by atoms with E-state index in [1.54, 1.807) is 0 Å². The van der Waals surface area contributed by atoms with Gasteiger partial charge in [0.05, 0.1) is 5.56 Å². The Morgan fingerprint density at radius 2 is 1.72 bits per heavy atom. The van der Waals surface area contributed by atoms with Gasteiger partial charge in [0.2, 0.25) is 0 Å². The summed E-state index contributed by atoms with van der Waals surface area (Å²) in [5, 5.41) is 2.13. The summed E-state index contributed by atoms with van der Waals surface area (Å²) in [6, 6.07) is 2.11. The molecule has 0 fully saturated rings. The van der Waals surface area contributed by atoms with Crippen LogP contribution in [0.4, 0.5) is 14.5 Å². The summed E-state index contributed by atoms with van der Waals surface area (Å²) < 4.78 is 27.2. The Morgan fingerprint density at radius 1 is 1.17 bits per heavy atom. The van der Waals surface area contributed by atoms with E-state index in [0.29, 0.717) is 0 Å². The molecular weight excluding hydrogens is 308 g/mol. The van der Waals surface area contributed by atoms with Crippen molar-refractivity contribution < 1.29 is 13.6 Å². The summed E-state index contributed by atoms with van der Waals surface area (Å²) in [6.07, 6.45) is 3.74. The standard InChI is InChI=1S/C11H6BrF2N3O/c12-7-1-8(13)10(9(14)2-7)17-11(18)6-3-15-5-16-4-6/h1-5H,(H,17,18). The maximum Gasteiger partial charge on any atom is 0.258 e. The quantitative estimate of drug-likeness (QED) is 0.927. The van der Waals surface area contributed by atoms with Gasteiger partial charge in [-0.25, -0.2) is 18.7 Å². The third-order valence-electron chi connectivity index (χ3n) is 2.07. The van der Waals surface area contributed by atoms with Gasteiger partial charge in [0.25, 0.3) is 5.91 Å². The van der Waals surface area contributed by atoms with Crippen LogP contribution < -0.4 is 5.32 Å². The number of rotatable bonds is 2. The normalized spacial score (nSPS) is 10.2. The van der Waals surface area contributed by atoms with Gasteiger partial charge in [0.1, 0.15) is 12.0 Å². The molecule has 0 aliphatic heterocycles. The molecule has 0 saturated carbocycles. The van der Waals surface area contributed by atoms with Crippen molar-refractivity contribution >= 4 is 27.5 Å². The lowest BCUT2D eigenvalue weighted by molar-refractivity contribution is 0.102. The monoisotopic (exact) mass is 313 g/mol. The highest BCUT2D eigenvalue weighted by atomic mass is 79.9. The van der Waals surface area contributed by atoms with E-state index in [4.69, 9.17) is 0 Å². The first-order valence-electron chi connectivity index (χ1n) is 4.79. The summed E-state index contributed by atoms with van der Waals surface area (Å²) >= 11 is 2.95. The predicted molar refractivity (Wildman–Crippen MR) is 64.0 cm³/mol. The van der Waals surface area contributed by atoms with Crippen molar-refractivity contribution in [3.63, 3.8) is 0 Å². The minimum Gasteiger partial charge on any atom is -0.317 e. The molecule has 0 unspecified atom stereocenters. The lowest BCUT2D eigenvalue weighted by Crippen LogP contribution is -2.14. The van der Waals surface area contributed by atoms with Crippen molar-refractivity contribution in [1.29, 1.82) is 0 Å². The van der Waals surface area contributed by atoms with Crippen LogP contribution in [0.5, 0.6) is 0 Å². The number of aromatic nitrogens is 2. The van der Waals surface area contributed by atoms with E-state index in [-0.39, 0.29) is 10.0 Å². The van der Waals surface area contributed by atoms with Crippen LogP contribution >= 0.6 is 15.9 Å². The third-order valence-corrected chi connectivity index (χ3v) is 2.53. The molecule has 0 bridgehead atoms. The highest BCUT2D eigenvalue weighted by Crippen LogP contribution is 2.24. The number of hydrogen-bond donors (Lipinski definition) is 1. The van der Waals surface area contributed by atoms with Crippen LogP contribution in [0.25, 0.3) is 0 Å². The first-order valence-corrected chi connectivity index (χ1v) is 5.58. The van der Waals surface area contributed by atoms with Crippen LogP contribution in [-0.2, 0) is 0 Å². The maximum atomic E-state index is 13.5. The van der Waals surface area contributed by atoms with Gasteiger partial charge >= 0.3 is 0 Å². The number of carbonyl (C=O) groups is 1. The average Bonchev–Trinajstić information content (AvgIpc) is 2.34. The predicted octanol–water partition coefficient (Wildman–Crippen LogP) is 2.77. The second-order valence-corrected chi connectivity index (χ2v) is 4.24. The highest BCUT2D eigenvalue weighted by molar-refractivity contribution is 9.10.